The second-order valence-corrected chi connectivity index (χ2v) is 4.04. The van der Waals surface area contributed by atoms with Crippen molar-refractivity contribution < 1.29 is 13.6 Å². The summed E-state index contributed by atoms with van der Waals surface area (Å²) < 4.78 is 26.0. The molecule has 1 amide bonds. The van der Waals surface area contributed by atoms with Crippen molar-refractivity contribution in [3.05, 3.63) is 29.8 Å². The Morgan fingerprint density at radius 2 is 2.18 bits per heavy atom. The normalized spacial score (nSPS) is 12.2. The number of halogens is 2. The average Bonchev–Trinajstić information content (AvgIpc) is 2.23. The Labute approximate surface area is 99.0 Å². The van der Waals surface area contributed by atoms with Crippen molar-refractivity contribution in [2.24, 2.45) is 5.73 Å². The maximum atomic E-state index is 13.2. The molecule has 1 atom stereocenters. The molecular formula is C12H16F2N2O. The number of amides is 1. The van der Waals surface area contributed by atoms with Gasteiger partial charge in [0.1, 0.15) is 11.6 Å². The van der Waals surface area contributed by atoms with Crippen molar-refractivity contribution in [2.75, 3.05) is 5.32 Å². The lowest BCUT2D eigenvalue weighted by atomic mass is 10.1. The molecule has 3 nitrogen and oxygen atoms in total. The number of rotatable bonds is 5. The maximum absolute atomic E-state index is 13.2. The van der Waals surface area contributed by atoms with Gasteiger partial charge in [0, 0.05) is 18.5 Å². The van der Waals surface area contributed by atoms with Crippen molar-refractivity contribution in [1.29, 1.82) is 0 Å². The topological polar surface area (TPSA) is 55.1 Å². The molecule has 0 aliphatic heterocycles. The number of benzene rings is 1. The quantitative estimate of drug-likeness (QED) is 0.833. The van der Waals surface area contributed by atoms with E-state index < -0.39 is 11.6 Å². The summed E-state index contributed by atoms with van der Waals surface area (Å²) in [6, 6.07) is 2.97. The molecule has 94 valence electrons. The Balaban J connectivity index is 2.47. The molecule has 1 aromatic rings. The summed E-state index contributed by atoms with van der Waals surface area (Å²) in [6.07, 6.45) is 1.59. The summed E-state index contributed by atoms with van der Waals surface area (Å²) in [4.78, 5) is 11.4. The van der Waals surface area contributed by atoms with Gasteiger partial charge in [-0.2, -0.15) is 0 Å². The first-order chi connectivity index (χ1) is 7.99. The van der Waals surface area contributed by atoms with E-state index in [-0.39, 0.29) is 24.1 Å². The molecule has 0 bridgehead atoms. The van der Waals surface area contributed by atoms with E-state index in [0.717, 1.165) is 24.6 Å². The Morgan fingerprint density at radius 3 is 2.82 bits per heavy atom. The van der Waals surface area contributed by atoms with Crippen LogP contribution in [0.15, 0.2) is 18.2 Å². The van der Waals surface area contributed by atoms with E-state index in [4.69, 9.17) is 5.73 Å². The average molecular weight is 242 g/mol. The number of anilines is 1. The van der Waals surface area contributed by atoms with Gasteiger partial charge in [0.15, 0.2) is 0 Å². The highest BCUT2D eigenvalue weighted by Gasteiger charge is 2.08. The van der Waals surface area contributed by atoms with Gasteiger partial charge in [0.05, 0.1) is 5.69 Å². The third kappa shape index (κ3) is 4.91. The third-order valence-electron chi connectivity index (χ3n) is 2.27. The summed E-state index contributed by atoms with van der Waals surface area (Å²) in [5.41, 5.74) is 5.40. The summed E-state index contributed by atoms with van der Waals surface area (Å²) in [5, 5.41) is 2.33. The molecule has 1 rings (SSSR count). The van der Waals surface area contributed by atoms with E-state index in [2.05, 4.69) is 5.32 Å². The Morgan fingerprint density at radius 1 is 1.47 bits per heavy atom. The zero-order valence-corrected chi connectivity index (χ0v) is 9.67. The van der Waals surface area contributed by atoms with Crippen molar-refractivity contribution in [3.63, 3.8) is 0 Å². The van der Waals surface area contributed by atoms with Crippen LogP contribution < -0.4 is 11.1 Å². The van der Waals surface area contributed by atoms with Gasteiger partial charge in [-0.15, -0.1) is 0 Å². The largest absolute Gasteiger partial charge is 0.328 e. The van der Waals surface area contributed by atoms with Crippen LogP contribution in [0.2, 0.25) is 0 Å². The lowest BCUT2D eigenvalue weighted by molar-refractivity contribution is -0.116. The van der Waals surface area contributed by atoms with E-state index in [1.54, 1.807) is 0 Å². The molecule has 5 heteroatoms. The van der Waals surface area contributed by atoms with E-state index in [1.165, 1.54) is 0 Å². The van der Waals surface area contributed by atoms with Gasteiger partial charge >= 0.3 is 0 Å². The standard InChI is InChI=1S/C12H16F2N2O/c1-8(15)3-2-4-12(17)16-11-7-9(13)5-6-10(11)14/h5-8H,2-4,15H2,1H3,(H,16,17). The van der Waals surface area contributed by atoms with Crippen LogP contribution in [0.3, 0.4) is 0 Å². The highest BCUT2D eigenvalue weighted by atomic mass is 19.1. The molecule has 0 fully saturated rings. The van der Waals surface area contributed by atoms with Crippen LogP contribution in [0.4, 0.5) is 14.5 Å². The fourth-order valence-corrected chi connectivity index (χ4v) is 1.39. The Bertz CT molecular complexity index is 394. The molecule has 1 aromatic carbocycles. The van der Waals surface area contributed by atoms with Crippen LogP contribution in [-0.2, 0) is 4.79 Å². The predicted molar refractivity (Wildman–Crippen MR) is 62.5 cm³/mol. The van der Waals surface area contributed by atoms with Crippen LogP contribution in [0.1, 0.15) is 26.2 Å². The molecule has 17 heavy (non-hydrogen) atoms. The van der Waals surface area contributed by atoms with Crippen molar-refractivity contribution in [3.8, 4) is 0 Å². The zero-order valence-electron chi connectivity index (χ0n) is 9.67. The molecule has 0 aliphatic carbocycles. The minimum absolute atomic E-state index is 0.0358. The summed E-state index contributed by atoms with van der Waals surface area (Å²) in [7, 11) is 0. The monoisotopic (exact) mass is 242 g/mol. The molecule has 0 saturated heterocycles. The molecule has 0 heterocycles. The minimum atomic E-state index is -0.646. The molecular weight excluding hydrogens is 226 g/mol. The predicted octanol–water partition coefficient (Wildman–Crippen LogP) is 2.42. The Hall–Kier alpha value is -1.49. The van der Waals surface area contributed by atoms with Gasteiger partial charge in [-0.1, -0.05) is 0 Å². The molecule has 0 radical (unpaired) electrons. The lowest BCUT2D eigenvalue weighted by Crippen LogP contribution is -2.17. The highest BCUT2D eigenvalue weighted by Crippen LogP contribution is 2.15. The van der Waals surface area contributed by atoms with E-state index in [0.29, 0.717) is 6.42 Å². The van der Waals surface area contributed by atoms with Gasteiger partial charge in [-0.25, -0.2) is 8.78 Å². The number of nitrogens with one attached hydrogen (secondary N) is 1. The summed E-state index contributed by atoms with van der Waals surface area (Å²) >= 11 is 0. The van der Waals surface area contributed by atoms with E-state index in [1.807, 2.05) is 6.92 Å². The number of carbonyl (C=O) groups is 1. The smallest absolute Gasteiger partial charge is 0.224 e. The van der Waals surface area contributed by atoms with Crippen molar-refractivity contribution in [1.82, 2.24) is 0 Å². The molecule has 0 spiro atoms. The molecule has 1 unspecified atom stereocenters. The number of nitrogens with two attached hydrogens (primary N) is 1. The van der Waals surface area contributed by atoms with Crippen molar-refractivity contribution in [2.45, 2.75) is 32.2 Å². The highest BCUT2D eigenvalue weighted by molar-refractivity contribution is 5.90. The van der Waals surface area contributed by atoms with Gasteiger partial charge in [-0.05, 0) is 31.9 Å². The van der Waals surface area contributed by atoms with Crippen molar-refractivity contribution >= 4 is 11.6 Å². The number of hydrogen-bond acceptors (Lipinski definition) is 2. The first-order valence-corrected chi connectivity index (χ1v) is 5.49. The van der Waals surface area contributed by atoms with Crippen LogP contribution in [0.5, 0.6) is 0 Å². The number of carbonyl (C=O) groups excluding carboxylic acids is 1. The van der Waals surface area contributed by atoms with Crippen LogP contribution in [-0.4, -0.2) is 11.9 Å². The molecule has 0 aliphatic rings. The fourth-order valence-electron chi connectivity index (χ4n) is 1.39. The zero-order chi connectivity index (χ0) is 12.8. The van der Waals surface area contributed by atoms with E-state index >= 15 is 0 Å². The summed E-state index contributed by atoms with van der Waals surface area (Å²) in [5.74, 6) is -1.57. The van der Waals surface area contributed by atoms with Gasteiger partial charge in [0.25, 0.3) is 0 Å². The van der Waals surface area contributed by atoms with Crippen LogP contribution in [0.25, 0.3) is 0 Å². The summed E-state index contributed by atoms with van der Waals surface area (Å²) in [6.45, 7) is 1.85. The molecule has 3 N–H and O–H groups in total. The third-order valence-corrected chi connectivity index (χ3v) is 2.27. The van der Waals surface area contributed by atoms with Gasteiger partial charge < -0.3 is 11.1 Å². The molecule has 0 saturated carbocycles. The van der Waals surface area contributed by atoms with Gasteiger partial charge in [-0.3, -0.25) is 4.79 Å². The number of hydrogen-bond donors (Lipinski definition) is 2. The fraction of sp³-hybridized carbons (Fsp3) is 0.417. The van der Waals surface area contributed by atoms with E-state index in [9.17, 15) is 13.6 Å². The second-order valence-electron chi connectivity index (χ2n) is 4.04. The SMILES string of the molecule is CC(N)CCCC(=O)Nc1cc(F)ccc1F. The second kappa shape index (κ2) is 6.30. The van der Waals surface area contributed by atoms with Crippen LogP contribution >= 0.6 is 0 Å². The molecule has 0 aromatic heterocycles. The Kier molecular flexibility index (Phi) is 5.03. The first kappa shape index (κ1) is 13.6. The first-order valence-electron chi connectivity index (χ1n) is 5.49. The van der Waals surface area contributed by atoms with Gasteiger partial charge in [0.2, 0.25) is 5.91 Å². The minimum Gasteiger partial charge on any atom is -0.328 e. The maximum Gasteiger partial charge on any atom is 0.224 e. The van der Waals surface area contributed by atoms with Crippen LogP contribution in [0, 0.1) is 11.6 Å². The lowest BCUT2D eigenvalue weighted by Gasteiger charge is -2.07.